The van der Waals surface area contributed by atoms with Crippen LogP contribution in [-0.4, -0.2) is 23.5 Å². The van der Waals surface area contributed by atoms with Crippen LogP contribution in [0.15, 0.2) is 24.5 Å². The van der Waals surface area contributed by atoms with E-state index in [0.29, 0.717) is 6.04 Å². The van der Waals surface area contributed by atoms with Crippen LogP contribution in [0.1, 0.15) is 44.2 Å². The fourth-order valence-electron chi connectivity index (χ4n) is 2.60. The van der Waals surface area contributed by atoms with Gasteiger partial charge in [0.25, 0.3) is 0 Å². The Morgan fingerprint density at radius 1 is 1.38 bits per heavy atom. The molecule has 0 radical (unpaired) electrons. The highest BCUT2D eigenvalue weighted by Gasteiger charge is 2.22. The summed E-state index contributed by atoms with van der Waals surface area (Å²) >= 11 is 0. The van der Waals surface area contributed by atoms with Crippen LogP contribution in [-0.2, 0) is 0 Å². The highest BCUT2D eigenvalue weighted by Crippen LogP contribution is 2.30. The molecule has 16 heavy (non-hydrogen) atoms. The highest BCUT2D eigenvalue weighted by atomic mass is 15.1. The molecule has 0 spiro atoms. The van der Waals surface area contributed by atoms with Crippen LogP contribution in [0, 0.1) is 5.92 Å². The Morgan fingerprint density at radius 2 is 2.06 bits per heavy atom. The SMILES string of the molecule is CC[C@@H](c1ccncc1)N(C)CC1CCC1. The van der Waals surface area contributed by atoms with Gasteiger partial charge in [0.2, 0.25) is 0 Å². The van der Waals surface area contributed by atoms with Crippen molar-refractivity contribution in [1.82, 2.24) is 9.88 Å². The third kappa shape index (κ3) is 2.62. The number of rotatable bonds is 5. The molecule has 1 atom stereocenters. The normalized spacial score (nSPS) is 18.4. The molecule has 1 aliphatic rings. The highest BCUT2D eigenvalue weighted by molar-refractivity contribution is 5.14. The van der Waals surface area contributed by atoms with Crippen molar-refractivity contribution >= 4 is 0 Å². The summed E-state index contributed by atoms with van der Waals surface area (Å²) in [6, 6.07) is 4.85. The summed E-state index contributed by atoms with van der Waals surface area (Å²) in [6.45, 7) is 3.52. The monoisotopic (exact) mass is 218 g/mol. The lowest BCUT2D eigenvalue weighted by Gasteiger charge is -2.34. The Morgan fingerprint density at radius 3 is 2.56 bits per heavy atom. The zero-order valence-corrected chi connectivity index (χ0v) is 10.4. The van der Waals surface area contributed by atoms with Crippen LogP contribution in [0.4, 0.5) is 0 Å². The predicted octanol–water partition coefficient (Wildman–Crippen LogP) is 3.26. The third-order valence-corrected chi connectivity index (χ3v) is 3.78. The van der Waals surface area contributed by atoms with Gasteiger partial charge < -0.3 is 0 Å². The molecule has 1 fully saturated rings. The topological polar surface area (TPSA) is 16.1 Å². The molecule has 2 heteroatoms. The minimum atomic E-state index is 0.559. The summed E-state index contributed by atoms with van der Waals surface area (Å²) in [4.78, 5) is 6.60. The smallest absolute Gasteiger partial charge is 0.0343 e. The first-order chi connectivity index (χ1) is 7.81. The zero-order chi connectivity index (χ0) is 11.4. The van der Waals surface area contributed by atoms with Gasteiger partial charge >= 0.3 is 0 Å². The third-order valence-electron chi connectivity index (χ3n) is 3.78. The van der Waals surface area contributed by atoms with Crippen molar-refractivity contribution in [2.75, 3.05) is 13.6 Å². The molecule has 0 N–H and O–H groups in total. The molecule has 1 heterocycles. The van der Waals surface area contributed by atoms with E-state index in [-0.39, 0.29) is 0 Å². The molecule has 1 aromatic rings. The second kappa shape index (κ2) is 5.44. The molecule has 0 bridgehead atoms. The van der Waals surface area contributed by atoms with Gasteiger partial charge in [0.15, 0.2) is 0 Å². The maximum Gasteiger partial charge on any atom is 0.0343 e. The fraction of sp³-hybridized carbons (Fsp3) is 0.643. The summed E-state index contributed by atoms with van der Waals surface area (Å²) < 4.78 is 0. The molecule has 88 valence electrons. The van der Waals surface area contributed by atoms with E-state index < -0.39 is 0 Å². The second-order valence-corrected chi connectivity index (χ2v) is 4.94. The summed E-state index contributed by atoms with van der Waals surface area (Å²) in [6.07, 6.45) is 9.26. The molecule has 0 aliphatic heterocycles. The van der Waals surface area contributed by atoms with Gasteiger partial charge in [-0.2, -0.15) is 0 Å². The molecular weight excluding hydrogens is 196 g/mol. The van der Waals surface area contributed by atoms with Crippen molar-refractivity contribution in [3.8, 4) is 0 Å². The maximum absolute atomic E-state index is 4.09. The molecule has 0 unspecified atom stereocenters. The van der Waals surface area contributed by atoms with Gasteiger partial charge in [-0.3, -0.25) is 9.88 Å². The van der Waals surface area contributed by atoms with E-state index in [1.54, 1.807) is 0 Å². The van der Waals surface area contributed by atoms with E-state index in [0.717, 1.165) is 5.92 Å². The maximum atomic E-state index is 4.09. The number of nitrogens with zero attached hydrogens (tertiary/aromatic N) is 2. The number of hydrogen-bond donors (Lipinski definition) is 0. The Hall–Kier alpha value is -0.890. The molecule has 2 nitrogen and oxygen atoms in total. The van der Waals surface area contributed by atoms with Gasteiger partial charge in [0.05, 0.1) is 0 Å². The van der Waals surface area contributed by atoms with Gasteiger partial charge in [-0.15, -0.1) is 0 Å². The van der Waals surface area contributed by atoms with Crippen LogP contribution >= 0.6 is 0 Å². The number of aromatic nitrogens is 1. The van der Waals surface area contributed by atoms with Crippen LogP contribution in [0.3, 0.4) is 0 Å². The minimum absolute atomic E-state index is 0.559. The van der Waals surface area contributed by atoms with Crippen LogP contribution in [0.2, 0.25) is 0 Å². The second-order valence-electron chi connectivity index (χ2n) is 4.94. The molecule has 0 saturated heterocycles. The lowest BCUT2D eigenvalue weighted by atomic mass is 9.84. The predicted molar refractivity (Wildman–Crippen MR) is 67.2 cm³/mol. The van der Waals surface area contributed by atoms with Crippen molar-refractivity contribution in [3.05, 3.63) is 30.1 Å². The largest absolute Gasteiger partial charge is 0.299 e. The first-order valence-electron chi connectivity index (χ1n) is 6.41. The van der Waals surface area contributed by atoms with Crippen molar-refractivity contribution in [3.63, 3.8) is 0 Å². The van der Waals surface area contributed by atoms with Gasteiger partial charge in [-0.05, 0) is 49.9 Å². The lowest BCUT2D eigenvalue weighted by molar-refractivity contribution is 0.159. The average Bonchev–Trinajstić information content (AvgIpc) is 2.26. The molecule has 2 rings (SSSR count). The van der Waals surface area contributed by atoms with Crippen LogP contribution in [0.25, 0.3) is 0 Å². The van der Waals surface area contributed by atoms with E-state index in [1.807, 2.05) is 12.4 Å². The summed E-state index contributed by atoms with van der Waals surface area (Å²) in [7, 11) is 2.26. The average molecular weight is 218 g/mol. The summed E-state index contributed by atoms with van der Waals surface area (Å²) in [5.41, 5.74) is 1.40. The Kier molecular flexibility index (Phi) is 3.94. The standard InChI is InChI=1S/C14H22N2/c1-3-14(13-7-9-15-10-8-13)16(2)11-12-5-4-6-12/h7-10,12,14H,3-6,11H2,1-2H3/t14-/m0/s1. The minimum Gasteiger partial charge on any atom is -0.299 e. The van der Waals surface area contributed by atoms with Crippen LogP contribution < -0.4 is 0 Å². The van der Waals surface area contributed by atoms with E-state index in [9.17, 15) is 0 Å². The number of hydrogen-bond acceptors (Lipinski definition) is 2. The van der Waals surface area contributed by atoms with Gasteiger partial charge in [0, 0.05) is 25.0 Å². The lowest BCUT2D eigenvalue weighted by Crippen LogP contribution is -2.32. The van der Waals surface area contributed by atoms with Crippen molar-refractivity contribution < 1.29 is 0 Å². The van der Waals surface area contributed by atoms with E-state index >= 15 is 0 Å². The van der Waals surface area contributed by atoms with Gasteiger partial charge in [-0.25, -0.2) is 0 Å². The van der Waals surface area contributed by atoms with Gasteiger partial charge in [0.1, 0.15) is 0 Å². The Balaban J connectivity index is 1.98. The van der Waals surface area contributed by atoms with Crippen LogP contribution in [0.5, 0.6) is 0 Å². The number of pyridine rings is 1. The molecule has 1 aliphatic carbocycles. The van der Waals surface area contributed by atoms with E-state index in [4.69, 9.17) is 0 Å². The van der Waals surface area contributed by atoms with Crippen molar-refractivity contribution in [1.29, 1.82) is 0 Å². The van der Waals surface area contributed by atoms with Crippen molar-refractivity contribution in [2.45, 2.75) is 38.6 Å². The van der Waals surface area contributed by atoms with E-state index in [2.05, 4.69) is 36.0 Å². The first kappa shape index (κ1) is 11.6. The molecule has 0 aromatic carbocycles. The summed E-state index contributed by atoms with van der Waals surface area (Å²) in [5, 5.41) is 0. The first-order valence-corrected chi connectivity index (χ1v) is 6.41. The molecule has 1 saturated carbocycles. The van der Waals surface area contributed by atoms with Crippen molar-refractivity contribution in [2.24, 2.45) is 5.92 Å². The van der Waals surface area contributed by atoms with E-state index in [1.165, 1.54) is 37.8 Å². The zero-order valence-electron chi connectivity index (χ0n) is 10.4. The Labute approximate surface area is 98.7 Å². The molecular formula is C14H22N2. The van der Waals surface area contributed by atoms with Gasteiger partial charge in [-0.1, -0.05) is 13.3 Å². The Bertz CT molecular complexity index is 306. The molecule has 0 amide bonds. The molecule has 1 aromatic heterocycles. The fourth-order valence-corrected chi connectivity index (χ4v) is 2.60. The summed E-state index contributed by atoms with van der Waals surface area (Å²) in [5.74, 6) is 0.945. The quantitative estimate of drug-likeness (QED) is 0.754.